The third-order valence-electron chi connectivity index (χ3n) is 6.18. The van der Waals surface area contributed by atoms with Crippen LogP contribution in [0.5, 0.6) is 11.5 Å². The molecule has 3 heterocycles. The van der Waals surface area contributed by atoms with E-state index in [1.165, 1.54) is 21.2 Å². The quantitative estimate of drug-likeness (QED) is 0.605. The van der Waals surface area contributed by atoms with Crippen LogP contribution in [0.15, 0.2) is 40.8 Å². The molecule has 4 amide bonds. The van der Waals surface area contributed by atoms with Crippen LogP contribution in [0.3, 0.4) is 0 Å². The van der Waals surface area contributed by atoms with Crippen molar-refractivity contribution in [3.8, 4) is 11.5 Å². The Hall–Kier alpha value is -3.40. The summed E-state index contributed by atoms with van der Waals surface area (Å²) in [6.07, 6.45) is 0.495. The van der Waals surface area contributed by atoms with E-state index in [-0.39, 0.29) is 6.54 Å². The second-order valence-electron chi connectivity index (χ2n) is 8.39. The fourth-order valence-electron chi connectivity index (χ4n) is 3.98. The molecule has 0 bridgehead atoms. The average Bonchev–Trinajstić information content (AvgIpc) is 3.52. The predicted octanol–water partition coefficient (Wildman–Crippen LogP) is 3.12. The largest absolute Gasteiger partial charge is 0.493 e. The van der Waals surface area contributed by atoms with Gasteiger partial charge in [0.1, 0.15) is 12.1 Å². The summed E-state index contributed by atoms with van der Waals surface area (Å²) in [5.41, 5.74) is 0.582. The fourth-order valence-corrected chi connectivity index (χ4v) is 4.70. The van der Waals surface area contributed by atoms with Crippen molar-refractivity contribution in [3.63, 3.8) is 0 Å². The first-order chi connectivity index (χ1) is 15.7. The number of urea groups is 1. The molecule has 0 aliphatic carbocycles. The monoisotopic (exact) mass is 470 g/mol. The van der Waals surface area contributed by atoms with Gasteiger partial charge in [0.15, 0.2) is 11.5 Å². The van der Waals surface area contributed by atoms with Crippen molar-refractivity contribution in [3.05, 3.63) is 46.2 Å². The molecule has 33 heavy (non-hydrogen) atoms. The van der Waals surface area contributed by atoms with E-state index in [1.807, 2.05) is 29.6 Å². The van der Waals surface area contributed by atoms with E-state index >= 15 is 0 Å². The Bertz CT molecular complexity index is 1130. The molecule has 1 aromatic heterocycles. The van der Waals surface area contributed by atoms with Crippen LogP contribution in [-0.4, -0.2) is 71.7 Å². The second-order valence-corrected chi connectivity index (χ2v) is 9.34. The third-order valence-corrected chi connectivity index (χ3v) is 7.10. The zero-order valence-electron chi connectivity index (χ0n) is 19.2. The van der Waals surface area contributed by atoms with E-state index in [1.54, 1.807) is 41.2 Å². The lowest BCUT2D eigenvalue weighted by Crippen LogP contribution is -2.43. The molecule has 1 aromatic carbocycles. The Morgan fingerprint density at radius 2 is 1.91 bits per heavy atom. The number of carbonyl (C=O) groups excluding carboxylic acids is 3. The first-order valence-electron chi connectivity index (χ1n) is 10.4. The van der Waals surface area contributed by atoms with Crippen LogP contribution in [0.4, 0.5) is 4.79 Å². The normalized spacial score (nSPS) is 19.8. The summed E-state index contributed by atoms with van der Waals surface area (Å²) in [4.78, 5) is 42.1. The molecule has 1 saturated heterocycles. The van der Waals surface area contributed by atoms with Gasteiger partial charge in [0.2, 0.25) is 0 Å². The SMILES string of the molecule is COc1ccc(C2CC(c3cccs3)=NN2C(=O)CN2C(=O)N(C)C(C)(C)C2=O)cc1OC. The number of likely N-dealkylation sites (N-methyl/N-ethyl adjacent to an activating group) is 1. The van der Waals surface area contributed by atoms with Crippen molar-refractivity contribution >= 4 is 34.9 Å². The van der Waals surface area contributed by atoms with Crippen molar-refractivity contribution in [2.75, 3.05) is 27.8 Å². The smallest absolute Gasteiger partial charge is 0.327 e. The average molecular weight is 471 g/mol. The Labute approximate surface area is 196 Å². The number of rotatable bonds is 6. The molecule has 0 N–H and O–H groups in total. The number of ether oxygens (including phenoxy) is 2. The first-order valence-corrected chi connectivity index (χ1v) is 11.3. The maximum atomic E-state index is 13.4. The number of thiophene rings is 1. The van der Waals surface area contributed by atoms with E-state index in [2.05, 4.69) is 5.10 Å². The number of methoxy groups -OCH3 is 2. The topological polar surface area (TPSA) is 91.8 Å². The van der Waals surface area contributed by atoms with E-state index in [4.69, 9.17) is 9.47 Å². The number of carbonyl (C=O) groups is 3. The van der Waals surface area contributed by atoms with Gasteiger partial charge in [0.25, 0.3) is 11.8 Å². The number of imide groups is 1. The molecule has 2 aromatic rings. The van der Waals surface area contributed by atoms with Crippen LogP contribution in [0.2, 0.25) is 0 Å². The van der Waals surface area contributed by atoms with Crippen molar-refractivity contribution < 1.29 is 23.9 Å². The summed E-state index contributed by atoms with van der Waals surface area (Å²) in [6.45, 7) is 2.94. The lowest BCUT2D eigenvalue weighted by molar-refractivity contribution is -0.140. The predicted molar refractivity (Wildman–Crippen MR) is 124 cm³/mol. The van der Waals surface area contributed by atoms with Crippen molar-refractivity contribution in [2.45, 2.75) is 31.8 Å². The number of nitrogens with zero attached hydrogens (tertiary/aromatic N) is 4. The van der Waals surface area contributed by atoms with Crippen molar-refractivity contribution in [1.82, 2.24) is 14.8 Å². The van der Waals surface area contributed by atoms with Gasteiger partial charge >= 0.3 is 6.03 Å². The van der Waals surface area contributed by atoms with Crippen LogP contribution in [0.25, 0.3) is 0 Å². The molecular formula is C23H26N4O5S. The molecule has 2 aliphatic rings. The van der Waals surface area contributed by atoms with Crippen LogP contribution < -0.4 is 9.47 Å². The molecule has 2 aliphatic heterocycles. The molecule has 0 radical (unpaired) electrons. The van der Waals surface area contributed by atoms with Crippen LogP contribution in [0.1, 0.15) is 36.8 Å². The minimum Gasteiger partial charge on any atom is -0.493 e. The van der Waals surface area contributed by atoms with Crippen molar-refractivity contribution in [2.24, 2.45) is 5.10 Å². The molecule has 174 valence electrons. The van der Waals surface area contributed by atoms with E-state index in [0.717, 1.165) is 21.1 Å². The molecule has 0 saturated carbocycles. The zero-order chi connectivity index (χ0) is 23.9. The molecule has 1 unspecified atom stereocenters. The van der Waals surface area contributed by atoms with Gasteiger partial charge in [-0.05, 0) is 43.0 Å². The molecule has 9 nitrogen and oxygen atoms in total. The summed E-state index contributed by atoms with van der Waals surface area (Å²) in [5, 5.41) is 7.94. The number of amides is 4. The van der Waals surface area contributed by atoms with Gasteiger partial charge in [-0.3, -0.25) is 14.5 Å². The summed E-state index contributed by atoms with van der Waals surface area (Å²) < 4.78 is 10.8. The van der Waals surface area contributed by atoms with Gasteiger partial charge in [0.05, 0.1) is 30.9 Å². The first kappa shape index (κ1) is 22.8. The summed E-state index contributed by atoms with van der Waals surface area (Å²) in [7, 11) is 4.67. The number of hydrogen-bond donors (Lipinski definition) is 0. The molecule has 0 spiro atoms. The highest BCUT2D eigenvalue weighted by Crippen LogP contribution is 2.38. The lowest BCUT2D eigenvalue weighted by Gasteiger charge is -2.24. The van der Waals surface area contributed by atoms with Crippen molar-refractivity contribution in [1.29, 1.82) is 0 Å². The van der Waals surface area contributed by atoms with Gasteiger partial charge in [-0.15, -0.1) is 11.3 Å². The number of hydrogen-bond acceptors (Lipinski definition) is 7. The van der Waals surface area contributed by atoms with E-state index in [0.29, 0.717) is 17.9 Å². The summed E-state index contributed by atoms with van der Waals surface area (Å²) >= 11 is 1.54. The van der Waals surface area contributed by atoms with Crippen LogP contribution >= 0.6 is 11.3 Å². The molecular weight excluding hydrogens is 444 g/mol. The highest BCUT2D eigenvalue weighted by molar-refractivity contribution is 7.12. The van der Waals surface area contributed by atoms with Gasteiger partial charge < -0.3 is 14.4 Å². The highest BCUT2D eigenvalue weighted by Gasteiger charge is 2.50. The summed E-state index contributed by atoms with van der Waals surface area (Å²) in [6, 6.07) is 8.44. The number of benzene rings is 1. The standard InChI is InChI=1S/C23H26N4O5S/c1-23(2)21(29)26(22(30)25(23)3)13-20(28)27-16(12-15(24-27)19-7-6-10-33-19)14-8-9-17(31-4)18(11-14)32-5/h6-11,16H,12-13H2,1-5H3. The number of hydrazone groups is 1. The molecule has 1 fully saturated rings. The maximum Gasteiger partial charge on any atom is 0.327 e. The van der Waals surface area contributed by atoms with Gasteiger partial charge in [-0.25, -0.2) is 9.80 Å². The van der Waals surface area contributed by atoms with E-state index in [9.17, 15) is 14.4 Å². The van der Waals surface area contributed by atoms with Gasteiger partial charge in [-0.2, -0.15) is 5.10 Å². The van der Waals surface area contributed by atoms with E-state index < -0.39 is 29.4 Å². The molecule has 1 atom stereocenters. The Morgan fingerprint density at radius 3 is 2.48 bits per heavy atom. The third kappa shape index (κ3) is 3.84. The molecule has 4 rings (SSSR count). The Kier molecular flexibility index (Phi) is 5.87. The Balaban J connectivity index is 1.66. The lowest BCUT2D eigenvalue weighted by atomic mass is 10.0. The fraction of sp³-hybridized carbons (Fsp3) is 0.391. The van der Waals surface area contributed by atoms with Gasteiger partial charge in [-0.1, -0.05) is 12.1 Å². The van der Waals surface area contributed by atoms with Gasteiger partial charge in [0, 0.05) is 13.5 Å². The zero-order valence-corrected chi connectivity index (χ0v) is 20.0. The Morgan fingerprint density at radius 1 is 1.18 bits per heavy atom. The minimum absolute atomic E-state index is 0.379. The highest BCUT2D eigenvalue weighted by atomic mass is 32.1. The van der Waals surface area contributed by atoms with Crippen LogP contribution in [-0.2, 0) is 9.59 Å². The summed E-state index contributed by atoms with van der Waals surface area (Å²) in [5.74, 6) is 0.275. The molecule has 10 heteroatoms. The minimum atomic E-state index is -1.00. The van der Waals surface area contributed by atoms with Crippen LogP contribution in [0, 0.1) is 0 Å². The second kappa shape index (κ2) is 8.51. The maximum absolute atomic E-state index is 13.4.